The van der Waals surface area contributed by atoms with E-state index < -0.39 is 24.0 Å². The summed E-state index contributed by atoms with van der Waals surface area (Å²) < 4.78 is 57.4. The van der Waals surface area contributed by atoms with Gasteiger partial charge in [-0.2, -0.15) is 8.78 Å². The maximum Gasteiger partial charge on any atom is 0.387 e. The Kier molecular flexibility index (Phi) is 5.52. The summed E-state index contributed by atoms with van der Waals surface area (Å²) in [5, 5.41) is 0.504. The van der Waals surface area contributed by atoms with Gasteiger partial charge in [-0.3, -0.25) is 0 Å². The van der Waals surface area contributed by atoms with Crippen molar-refractivity contribution in [3.63, 3.8) is 0 Å². The molecule has 0 spiro atoms. The standard InChI is InChI=1S/C23H26F4O/c1-2-13-3-4-15-10-16(6-5-14(15)9-13)17-7-8-19-18(11-17)12-20(24)22(21(19)25)28-23(26)27/h7-8,11-16,23H,2-6,9-10H2,1H3. The zero-order valence-corrected chi connectivity index (χ0v) is 16.1. The van der Waals surface area contributed by atoms with Crippen LogP contribution in [0.5, 0.6) is 5.75 Å². The molecule has 2 aliphatic carbocycles. The summed E-state index contributed by atoms with van der Waals surface area (Å²) in [6.07, 6.45) is 8.65. The first-order valence-corrected chi connectivity index (χ1v) is 10.3. The van der Waals surface area contributed by atoms with E-state index in [1.807, 2.05) is 12.1 Å². The number of hydrogen-bond donors (Lipinski definition) is 0. The van der Waals surface area contributed by atoms with Gasteiger partial charge in [-0.15, -0.1) is 0 Å². The lowest BCUT2D eigenvalue weighted by Gasteiger charge is -2.42. The van der Waals surface area contributed by atoms with Gasteiger partial charge in [0, 0.05) is 5.39 Å². The normalized spacial score (nSPS) is 27.8. The van der Waals surface area contributed by atoms with Gasteiger partial charge >= 0.3 is 6.61 Å². The molecule has 0 amide bonds. The van der Waals surface area contributed by atoms with Crippen LogP contribution in [0.3, 0.4) is 0 Å². The van der Waals surface area contributed by atoms with E-state index in [1.165, 1.54) is 32.1 Å². The van der Waals surface area contributed by atoms with Crippen molar-refractivity contribution in [3.8, 4) is 5.75 Å². The molecule has 4 rings (SSSR count). The van der Waals surface area contributed by atoms with Gasteiger partial charge in [-0.1, -0.05) is 38.0 Å². The van der Waals surface area contributed by atoms with Crippen LogP contribution < -0.4 is 4.74 Å². The number of ether oxygens (including phenoxy) is 1. The molecule has 0 radical (unpaired) electrons. The number of alkyl halides is 2. The van der Waals surface area contributed by atoms with Crippen molar-refractivity contribution in [1.82, 2.24) is 0 Å². The zero-order valence-electron chi connectivity index (χ0n) is 16.1. The molecule has 0 N–H and O–H groups in total. The quantitative estimate of drug-likeness (QED) is 0.490. The lowest BCUT2D eigenvalue weighted by Crippen LogP contribution is -2.30. The number of benzene rings is 2. The fourth-order valence-corrected chi connectivity index (χ4v) is 5.44. The highest BCUT2D eigenvalue weighted by Crippen LogP contribution is 2.48. The van der Waals surface area contributed by atoms with Crippen LogP contribution in [0, 0.1) is 29.4 Å². The Hall–Kier alpha value is -1.78. The van der Waals surface area contributed by atoms with Crippen LogP contribution in [0.15, 0.2) is 24.3 Å². The van der Waals surface area contributed by atoms with Gasteiger partial charge in [-0.05, 0) is 72.8 Å². The molecule has 2 aromatic carbocycles. The van der Waals surface area contributed by atoms with E-state index in [1.54, 1.807) is 6.07 Å². The predicted octanol–water partition coefficient (Wildman–Crippen LogP) is 7.43. The van der Waals surface area contributed by atoms with Crippen molar-refractivity contribution in [1.29, 1.82) is 0 Å². The van der Waals surface area contributed by atoms with E-state index in [0.717, 1.165) is 42.2 Å². The second-order valence-corrected chi connectivity index (χ2v) is 8.48. The van der Waals surface area contributed by atoms with Gasteiger partial charge in [0.15, 0.2) is 17.4 Å². The highest BCUT2D eigenvalue weighted by molar-refractivity contribution is 5.85. The van der Waals surface area contributed by atoms with Crippen molar-refractivity contribution in [2.24, 2.45) is 17.8 Å². The molecule has 2 aromatic rings. The third-order valence-corrected chi connectivity index (χ3v) is 6.99. The average Bonchev–Trinajstić information content (AvgIpc) is 2.69. The van der Waals surface area contributed by atoms with Gasteiger partial charge in [0.1, 0.15) is 0 Å². The minimum atomic E-state index is -3.27. The van der Waals surface area contributed by atoms with Gasteiger partial charge in [0.05, 0.1) is 0 Å². The first-order chi connectivity index (χ1) is 13.5. The molecular formula is C23H26F4O. The molecule has 2 fully saturated rings. The highest BCUT2D eigenvalue weighted by Gasteiger charge is 2.35. The summed E-state index contributed by atoms with van der Waals surface area (Å²) >= 11 is 0. The highest BCUT2D eigenvalue weighted by atomic mass is 19.3. The van der Waals surface area contributed by atoms with Crippen LogP contribution in [0.25, 0.3) is 10.8 Å². The molecule has 0 aliphatic heterocycles. The van der Waals surface area contributed by atoms with Gasteiger partial charge < -0.3 is 4.74 Å². The van der Waals surface area contributed by atoms with E-state index in [9.17, 15) is 17.6 Å². The molecule has 0 heterocycles. The molecule has 28 heavy (non-hydrogen) atoms. The largest absolute Gasteiger partial charge is 0.429 e. The van der Waals surface area contributed by atoms with Crippen LogP contribution in [-0.2, 0) is 0 Å². The van der Waals surface area contributed by atoms with Crippen LogP contribution in [0.2, 0.25) is 0 Å². The van der Waals surface area contributed by atoms with Crippen molar-refractivity contribution in [2.75, 3.05) is 0 Å². The molecule has 0 aromatic heterocycles. The maximum absolute atomic E-state index is 14.5. The smallest absolute Gasteiger partial charge is 0.387 e. The molecule has 4 unspecified atom stereocenters. The number of halogens is 4. The molecule has 2 aliphatic rings. The van der Waals surface area contributed by atoms with Crippen molar-refractivity contribution in [2.45, 2.75) is 64.4 Å². The third-order valence-electron chi connectivity index (χ3n) is 6.99. The lowest BCUT2D eigenvalue weighted by molar-refractivity contribution is -0.0544. The summed E-state index contributed by atoms with van der Waals surface area (Å²) in [5.41, 5.74) is 1.09. The number of hydrogen-bond acceptors (Lipinski definition) is 1. The molecular weight excluding hydrogens is 368 g/mol. The summed E-state index contributed by atoms with van der Waals surface area (Å²) in [4.78, 5) is 0. The Morgan fingerprint density at radius 3 is 2.50 bits per heavy atom. The molecule has 4 atom stereocenters. The lowest BCUT2D eigenvalue weighted by atomic mass is 9.63. The van der Waals surface area contributed by atoms with Gasteiger partial charge in [-0.25, -0.2) is 8.78 Å². The SMILES string of the molecule is CCC1CCC2CC(c3ccc4c(F)c(OC(F)F)c(F)cc4c3)CCC2C1. The van der Waals surface area contributed by atoms with E-state index in [2.05, 4.69) is 11.7 Å². The van der Waals surface area contributed by atoms with Crippen LogP contribution in [0.1, 0.15) is 63.4 Å². The Bertz CT molecular complexity index is 850. The van der Waals surface area contributed by atoms with Crippen molar-refractivity contribution < 1.29 is 22.3 Å². The summed E-state index contributed by atoms with van der Waals surface area (Å²) in [6.45, 7) is -0.986. The number of rotatable bonds is 4. The third kappa shape index (κ3) is 3.72. The number of fused-ring (bicyclic) bond motifs is 2. The van der Waals surface area contributed by atoms with E-state index >= 15 is 0 Å². The molecule has 152 valence electrons. The minimum Gasteiger partial charge on any atom is -0.429 e. The molecule has 1 nitrogen and oxygen atoms in total. The van der Waals surface area contributed by atoms with Crippen molar-refractivity contribution >= 4 is 10.8 Å². The first kappa shape index (κ1) is 19.5. The molecule has 2 saturated carbocycles. The fraction of sp³-hybridized carbons (Fsp3) is 0.565. The first-order valence-electron chi connectivity index (χ1n) is 10.3. The summed E-state index contributed by atoms with van der Waals surface area (Å²) in [6, 6.07) is 6.34. The Labute approximate surface area is 163 Å². The van der Waals surface area contributed by atoms with E-state index in [0.29, 0.717) is 11.3 Å². The van der Waals surface area contributed by atoms with Gasteiger partial charge in [0.2, 0.25) is 0 Å². The fourth-order valence-electron chi connectivity index (χ4n) is 5.44. The zero-order chi connectivity index (χ0) is 19.8. The monoisotopic (exact) mass is 394 g/mol. The minimum absolute atomic E-state index is 0.109. The molecule has 0 saturated heterocycles. The summed E-state index contributed by atoms with van der Waals surface area (Å²) in [7, 11) is 0. The van der Waals surface area contributed by atoms with Crippen LogP contribution >= 0.6 is 0 Å². The Balaban J connectivity index is 1.57. The van der Waals surface area contributed by atoms with E-state index in [4.69, 9.17) is 0 Å². The second kappa shape index (κ2) is 7.92. The summed E-state index contributed by atoms with van der Waals surface area (Å²) in [5.74, 6) is -0.344. The Morgan fingerprint density at radius 2 is 1.75 bits per heavy atom. The van der Waals surface area contributed by atoms with E-state index in [-0.39, 0.29) is 5.39 Å². The van der Waals surface area contributed by atoms with Crippen LogP contribution in [0.4, 0.5) is 17.6 Å². The van der Waals surface area contributed by atoms with Gasteiger partial charge in [0.25, 0.3) is 0 Å². The maximum atomic E-state index is 14.5. The van der Waals surface area contributed by atoms with Crippen molar-refractivity contribution in [3.05, 3.63) is 41.5 Å². The average molecular weight is 394 g/mol. The predicted molar refractivity (Wildman–Crippen MR) is 102 cm³/mol. The topological polar surface area (TPSA) is 9.23 Å². The second-order valence-electron chi connectivity index (χ2n) is 8.48. The molecule has 0 bridgehead atoms. The van der Waals surface area contributed by atoms with Crippen LogP contribution in [-0.4, -0.2) is 6.61 Å². The molecule has 5 heteroatoms. The Morgan fingerprint density at radius 1 is 1.00 bits per heavy atom.